The van der Waals surface area contributed by atoms with Crippen LogP contribution in [0.3, 0.4) is 0 Å². The molecular formula is C18H21NO2. The van der Waals surface area contributed by atoms with Gasteiger partial charge in [0.2, 0.25) is 0 Å². The lowest BCUT2D eigenvalue weighted by atomic mass is 9.83. The minimum absolute atomic E-state index is 0.0233. The largest absolute Gasteiger partial charge is 0.497 e. The Morgan fingerprint density at radius 2 is 1.86 bits per heavy atom. The van der Waals surface area contributed by atoms with Crippen molar-refractivity contribution in [3.05, 3.63) is 64.7 Å². The first-order chi connectivity index (χ1) is 10.2. The van der Waals surface area contributed by atoms with Gasteiger partial charge >= 0.3 is 0 Å². The van der Waals surface area contributed by atoms with Crippen LogP contribution in [0.2, 0.25) is 0 Å². The van der Waals surface area contributed by atoms with Crippen molar-refractivity contribution in [3.8, 4) is 5.75 Å². The van der Waals surface area contributed by atoms with E-state index in [1.165, 1.54) is 22.3 Å². The van der Waals surface area contributed by atoms with E-state index < -0.39 is 0 Å². The Hall–Kier alpha value is -1.84. The van der Waals surface area contributed by atoms with Crippen LogP contribution < -0.4 is 10.5 Å². The normalized spacial score (nSPS) is 18.3. The summed E-state index contributed by atoms with van der Waals surface area (Å²) in [6.45, 7) is -0.0233. The highest BCUT2D eigenvalue weighted by Gasteiger charge is 2.28. The summed E-state index contributed by atoms with van der Waals surface area (Å²) in [7, 11) is 1.68. The molecule has 2 aromatic carbocycles. The third kappa shape index (κ3) is 2.55. The molecule has 3 N–H and O–H groups in total. The van der Waals surface area contributed by atoms with Gasteiger partial charge in [0.15, 0.2) is 0 Å². The zero-order chi connectivity index (χ0) is 14.8. The van der Waals surface area contributed by atoms with Crippen LogP contribution in [0.5, 0.6) is 5.75 Å². The molecule has 1 aliphatic rings. The van der Waals surface area contributed by atoms with E-state index in [1.807, 2.05) is 12.1 Å². The number of aryl methyl sites for hydroxylation is 2. The summed E-state index contributed by atoms with van der Waals surface area (Å²) in [4.78, 5) is 0. The fourth-order valence-electron chi connectivity index (χ4n) is 3.30. The third-order valence-corrected chi connectivity index (χ3v) is 4.38. The molecule has 0 amide bonds. The zero-order valence-corrected chi connectivity index (χ0v) is 12.3. The van der Waals surface area contributed by atoms with Crippen molar-refractivity contribution in [2.45, 2.75) is 24.8 Å². The number of methoxy groups -OCH3 is 1. The minimum atomic E-state index is -0.295. The second kappa shape index (κ2) is 5.88. The molecule has 2 aromatic rings. The number of ether oxygens (including phenoxy) is 1. The van der Waals surface area contributed by atoms with Gasteiger partial charge in [0.1, 0.15) is 5.75 Å². The van der Waals surface area contributed by atoms with Crippen LogP contribution in [-0.4, -0.2) is 24.9 Å². The van der Waals surface area contributed by atoms with Crippen LogP contribution in [0.15, 0.2) is 42.5 Å². The van der Waals surface area contributed by atoms with E-state index in [0.717, 1.165) is 18.6 Å². The van der Waals surface area contributed by atoms with Gasteiger partial charge < -0.3 is 15.6 Å². The van der Waals surface area contributed by atoms with Crippen molar-refractivity contribution < 1.29 is 9.84 Å². The molecule has 21 heavy (non-hydrogen) atoms. The van der Waals surface area contributed by atoms with Gasteiger partial charge in [0, 0.05) is 12.0 Å². The number of hydrogen-bond donors (Lipinski definition) is 2. The highest BCUT2D eigenvalue weighted by atomic mass is 16.5. The Bertz CT molecular complexity index is 639. The van der Waals surface area contributed by atoms with Gasteiger partial charge in [0.25, 0.3) is 0 Å². The van der Waals surface area contributed by atoms with E-state index in [0.29, 0.717) is 0 Å². The lowest BCUT2D eigenvalue weighted by molar-refractivity contribution is 0.256. The highest BCUT2D eigenvalue weighted by Crippen LogP contribution is 2.37. The number of fused-ring (bicyclic) bond motifs is 2. The predicted octanol–water partition coefficient (Wildman–Crippen LogP) is 2.25. The Kier molecular flexibility index (Phi) is 3.95. The van der Waals surface area contributed by atoms with Crippen LogP contribution in [-0.2, 0) is 12.8 Å². The summed E-state index contributed by atoms with van der Waals surface area (Å²) in [6, 6.07) is 14.3. The molecule has 2 atom stereocenters. The molecule has 3 rings (SSSR count). The molecule has 0 spiro atoms. The van der Waals surface area contributed by atoms with Crippen LogP contribution in [0, 0.1) is 0 Å². The maximum atomic E-state index is 9.58. The van der Waals surface area contributed by atoms with Crippen LogP contribution in [0.4, 0.5) is 0 Å². The summed E-state index contributed by atoms with van der Waals surface area (Å²) in [5, 5.41) is 9.58. The number of aliphatic hydroxyl groups is 1. The van der Waals surface area contributed by atoms with Crippen LogP contribution >= 0.6 is 0 Å². The number of aliphatic hydroxyl groups excluding tert-OH is 1. The first kappa shape index (κ1) is 14.1. The van der Waals surface area contributed by atoms with E-state index in [4.69, 9.17) is 10.5 Å². The standard InChI is InChI=1S/C18H21NO2/c1-21-14-8-9-16-13(10-14)7-6-12-4-2-3-5-15(12)18(16)17(19)11-20/h2-5,8-10,17-18,20H,6-7,11,19H2,1H3. The molecule has 3 nitrogen and oxygen atoms in total. The molecule has 0 fully saturated rings. The first-order valence-corrected chi connectivity index (χ1v) is 7.35. The van der Waals surface area contributed by atoms with E-state index in [2.05, 4.69) is 30.3 Å². The Labute approximate surface area is 125 Å². The summed E-state index contributed by atoms with van der Waals surface area (Å²) in [5.74, 6) is 0.908. The van der Waals surface area contributed by atoms with Gasteiger partial charge in [-0.15, -0.1) is 0 Å². The van der Waals surface area contributed by atoms with Gasteiger partial charge in [-0.25, -0.2) is 0 Å². The van der Waals surface area contributed by atoms with Crippen LogP contribution in [0.25, 0.3) is 0 Å². The van der Waals surface area contributed by atoms with Crippen LogP contribution in [0.1, 0.15) is 28.2 Å². The van der Waals surface area contributed by atoms with Gasteiger partial charge in [-0.1, -0.05) is 30.3 Å². The molecule has 0 aromatic heterocycles. The molecule has 2 unspecified atom stereocenters. The van der Waals surface area contributed by atoms with E-state index in [1.54, 1.807) is 7.11 Å². The smallest absolute Gasteiger partial charge is 0.119 e. The first-order valence-electron chi connectivity index (χ1n) is 7.35. The van der Waals surface area contributed by atoms with Crippen molar-refractivity contribution in [2.24, 2.45) is 5.73 Å². The molecule has 3 heteroatoms. The molecule has 0 radical (unpaired) electrons. The second-order valence-corrected chi connectivity index (χ2v) is 5.59. The predicted molar refractivity (Wildman–Crippen MR) is 83.7 cm³/mol. The van der Waals surface area contributed by atoms with Gasteiger partial charge in [-0.2, -0.15) is 0 Å². The number of rotatable bonds is 3. The maximum Gasteiger partial charge on any atom is 0.119 e. The van der Waals surface area contributed by atoms with Crippen molar-refractivity contribution in [3.63, 3.8) is 0 Å². The van der Waals surface area contributed by atoms with Gasteiger partial charge in [-0.3, -0.25) is 0 Å². The second-order valence-electron chi connectivity index (χ2n) is 5.59. The summed E-state index contributed by atoms with van der Waals surface area (Å²) in [6.07, 6.45) is 1.96. The average Bonchev–Trinajstić information content (AvgIpc) is 2.70. The van der Waals surface area contributed by atoms with E-state index in [9.17, 15) is 5.11 Å². The lowest BCUT2D eigenvalue weighted by Gasteiger charge is -2.25. The molecular weight excluding hydrogens is 262 g/mol. The zero-order valence-electron chi connectivity index (χ0n) is 12.3. The highest BCUT2D eigenvalue weighted by molar-refractivity contribution is 5.48. The monoisotopic (exact) mass is 283 g/mol. The van der Waals surface area contributed by atoms with E-state index in [-0.39, 0.29) is 18.6 Å². The minimum Gasteiger partial charge on any atom is -0.497 e. The fourth-order valence-corrected chi connectivity index (χ4v) is 3.30. The van der Waals surface area contributed by atoms with Crippen molar-refractivity contribution in [1.29, 1.82) is 0 Å². The number of benzene rings is 2. The fraction of sp³-hybridized carbons (Fsp3) is 0.333. The molecule has 0 saturated carbocycles. The van der Waals surface area contributed by atoms with Gasteiger partial charge in [0.05, 0.1) is 13.7 Å². The maximum absolute atomic E-state index is 9.58. The Balaban J connectivity index is 2.16. The molecule has 0 heterocycles. The van der Waals surface area contributed by atoms with E-state index >= 15 is 0 Å². The average molecular weight is 283 g/mol. The molecule has 0 aliphatic heterocycles. The lowest BCUT2D eigenvalue weighted by Crippen LogP contribution is -2.33. The Morgan fingerprint density at radius 1 is 1.14 bits per heavy atom. The van der Waals surface area contributed by atoms with Crippen molar-refractivity contribution in [1.82, 2.24) is 0 Å². The third-order valence-electron chi connectivity index (χ3n) is 4.38. The summed E-state index contributed by atoms with van der Waals surface area (Å²) in [5.41, 5.74) is 11.3. The quantitative estimate of drug-likeness (QED) is 0.908. The van der Waals surface area contributed by atoms with Gasteiger partial charge in [-0.05, 0) is 47.2 Å². The molecule has 0 bridgehead atoms. The molecule has 110 valence electrons. The number of nitrogens with two attached hydrogens (primary N) is 1. The SMILES string of the molecule is COc1ccc2c(c1)CCc1ccccc1C2C(N)CO. The van der Waals surface area contributed by atoms with Crippen molar-refractivity contribution >= 4 is 0 Å². The molecule has 0 saturated heterocycles. The summed E-state index contributed by atoms with van der Waals surface area (Å²) >= 11 is 0. The molecule has 1 aliphatic carbocycles. The summed E-state index contributed by atoms with van der Waals surface area (Å²) < 4.78 is 5.34. The van der Waals surface area contributed by atoms with Crippen molar-refractivity contribution in [2.75, 3.05) is 13.7 Å². The Morgan fingerprint density at radius 3 is 2.62 bits per heavy atom. The topological polar surface area (TPSA) is 55.5 Å². The number of hydrogen-bond acceptors (Lipinski definition) is 3.